The van der Waals surface area contributed by atoms with Crippen LogP contribution in [0.1, 0.15) is 53.9 Å². The van der Waals surface area contributed by atoms with Crippen LogP contribution in [-0.4, -0.2) is 21.0 Å². The molecule has 0 spiro atoms. The molecule has 0 rings (SSSR count). The molecule has 0 aromatic carbocycles. The minimum absolute atomic E-state index is 0.105. The Morgan fingerprint density at radius 3 is 1.81 bits per heavy atom. The average Bonchev–Trinajstić information content (AvgIpc) is 2.21. The first kappa shape index (κ1) is 16.0. The lowest BCUT2D eigenvalue weighted by molar-refractivity contribution is 0.0651. The van der Waals surface area contributed by atoms with Crippen LogP contribution in [-0.2, 0) is 4.74 Å². The fourth-order valence-electron chi connectivity index (χ4n) is 2.56. The van der Waals surface area contributed by atoms with Crippen molar-refractivity contribution in [1.29, 1.82) is 0 Å². The molecule has 0 aromatic rings. The van der Waals surface area contributed by atoms with Crippen molar-refractivity contribution in [3.8, 4) is 0 Å². The Hall–Kier alpha value is 0.0249. The standard InChI is InChI=1S/C14H29BO/c1-7-12(8-10(2)3)13(9-11(4)5)14(15)16-6/h10-14H,7-9H2,1-6H3. The van der Waals surface area contributed by atoms with Crippen LogP contribution in [0.5, 0.6) is 0 Å². The van der Waals surface area contributed by atoms with E-state index < -0.39 is 0 Å². The summed E-state index contributed by atoms with van der Waals surface area (Å²) in [7, 11) is 7.82. The molecule has 0 aromatic heterocycles. The second-order valence-corrected chi connectivity index (χ2v) is 5.79. The van der Waals surface area contributed by atoms with Gasteiger partial charge in [-0.3, -0.25) is 0 Å². The maximum Gasteiger partial charge on any atom is 0.109 e. The largest absolute Gasteiger partial charge is 0.391 e. The number of methoxy groups -OCH3 is 1. The van der Waals surface area contributed by atoms with Gasteiger partial charge in [0.15, 0.2) is 0 Å². The molecule has 0 heterocycles. The van der Waals surface area contributed by atoms with Crippen LogP contribution in [0.15, 0.2) is 0 Å². The van der Waals surface area contributed by atoms with Gasteiger partial charge < -0.3 is 4.74 Å². The molecule has 0 saturated carbocycles. The third-order valence-electron chi connectivity index (χ3n) is 3.34. The Morgan fingerprint density at radius 2 is 1.50 bits per heavy atom. The number of rotatable bonds is 8. The van der Waals surface area contributed by atoms with Crippen LogP contribution < -0.4 is 0 Å². The van der Waals surface area contributed by atoms with Crippen molar-refractivity contribution in [1.82, 2.24) is 0 Å². The lowest BCUT2D eigenvalue weighted by Crippen LogP contribution is -2.31. The van der Waals surface area contributed by atoms with Crippen molar-refractivity contribution in [3.05, 3.63) is 0 Å². The third kappa shape index (κ3) is 5.93. The Balaban J connectivity index is 4.54. The van der Waals surface area contributed by atoms with Crippen LogP contribution in [0.2, 0.25) is 0 Å². The zero-order chi connectivity index (χ0) is 12.7. The molecule has 2 heteroatoms. The molecule has 3 atom stereocenters. The molecule has 0 saturated heterocycles. The zero-order valence-electron chi connectivity index (χ0n) is 12.0. The molecule has 1 nitrogen and oxygen atoms in total. The van der Waals surface area contributed by atoms with Crippen molar-refractivity contribution < 1.29 is 4.74 Å². The summed E-state index contributed by atoms with van der Waals surface area (Å²) in [6.07, 6.45) is 3.62. The molecular weight excluding hydrogens is 195 g/mol. The monoisotopic (exact) mass is 224 g/mol. The Kier molecular flexibility index (Phi) is 8.18. The summed E-state index contributed by atoms with van der Waals surface area (Å²) >= 11 is 0. The van der Waals surface area contributed by atoms with Crippen LogP contribution in [0, 0.1) is 23.7 Å². The molecule has 2 radical (unpaired) electrons. The molecule has 0 amide bonds. The summed E-state index contributed by atoms with van der Waals surface area (Å²) in [6.45, 7) is 11.4. The summed E-state index contributed by atoms with van der Waals surface area (Å²) in [6, 6.07) is -0.105. The molecular formula is C14H29BO. The summed E-state index contributed by atoms with van der Waals surface area (Å²) in [5.41, 5.74) is 0. The normalized spacial score (nSPS) is 17.8. The zero-order valence-corrected chi connectivity index (χ0v) is 12.0. The van der Waals surface area contributed by atoms with E-state index in [0.29, 0.717) is 17.8 Å². The lowest BCUT2D eigenvalue weighted by Gasteiger charge is -2.33. The second kappa shape index (κ2) is 8.17. The molecule has 0 aliphatic heterocycles. The third-order valence-corrected chi connectivity index (χ3v) is 3.34. The summed E-state index contributed by atoms with van der Waals surface area (Å²) in [5.74, 6) is 2.62. The predicted octanol–water partition coefficient (Wildman–Crippen LogP) is 3.86. The van der Waals surface area contributed by atoms with Gasteiger partial charge in [-0.15, -0.1) is 0 Å². The van der Waals surface area contributed by atoms with Gasteiger partial charge in [-0.05, 0) is 36.5 Å². The first-order valence-electron chi connectivity index (χ1n) is 6.70. The molecule has 0 N–H and O–H groups in total. The van der Waals surface area contributed by atoms with E-state index in [4.69, 9.17) is 12.6 Å². The fourth-order valence-corrected chi connectivity index (χ4v) is 2.56. The van der Waals surface area contributed by atoms with Crippen LogP contribution in [0.4, 0.5) is 0 Å². The SMILES string of the molecule is [B]C(OC)C(CC(C)C)C(CC)CC(C)C. The Bertz CT molecular complexity index is 168. The maximum atomic E-state index is 6.10. The quantitative estimate of drug-likeness (QED) is 0.569. The molecule has 3 unspecified atom stereocenters. The molecule has 0 aliphatic carbocycles. The molecule has 16 heavy (non-hydrogen) atoms. The van der Waals surface area contributed by atoms with E-state index in [1.54, 1.807) is 7.11 Å². The number of hydrogen-bond acceptors (Lipinski definition) is 1. The number of ether oxygens (including phenoxy) is 1. The van der Waals surface area contributed by atoms with E-state index >= 15 is 0 Å². The van der Waals surface area contributed by atoms with Crippen LogP contribution in [0.25, 0.3) is 0 Å². The van der Waals surface area contributed by atoms with Gasteiger partial charge in [0.25, 0.3) is 0 Å². The highest BCUT2D eigenvalue weighted by atomic mass is 16.5. The minimum Gasteiger partial charge on any atom is -0.391 e. The van der Waals surface area contributed by atoms with Gasteiger partial charge in [0.2, 0.25) is 0 Å². The fraction of sp³-hybridized carbons (Fsp3) is 1.00. The smallest absolute Gasteiger partial charge is 0.109 e. The molecule has 94 valence electrons. The van der Waals surface area contributed by atoms with Crippen molar-refractivity contribution in [2.45, 2.75) is 59.9 Å². The first-order valence-corrected chi connectivity index (χ1v) is 6.70. The van der Waals surface area contributed by atoms with E-state index in [0.717, 1.165) is 5.92 Å². The highest BCUT2D eigenvalue weighted by Gasteiger charge is 2.26. The molecule has 0 aliphatic rings. The van der Waals surface area contributed by atoms with Crippen molar-refractivity contribution >= 4 is 7.85 Å². The van der Waals surface area contributed by atoms with Crippen LogP contribution >= 0.6 is 0 Å². The van der Waals surface area contributed by atoms with Gasteiger partial charge in [-0.1, -0.05) is 41.0 Å². The van der Waals surface area contributed by atoms with Crippen molar-refractivity contribution in [2.24, 2.45) is 23.7 Å². The van der Waals surface area contributed by atoms with Gasteiger partial charge in [0.1, 0.15) is 7.85 Å². The van der Waals surface area contributed by atoms with Gasteiger partial charge in [0.05, 0.1) is 0 Å². The second-order valence-electron chi connectivity index (χ2n) is 5.79. The Labute approximate surface area is 104 Å². The topological polar surface area (TPSA) is 9.23 Å². The summed E-state index contributed by atoms with van der Waals surface area (Å²) < 4.78 is 5.36. The highest BCUT2D eigenvalue weighted by molar-refractivity contribution is 6.11. The van der Waals surface area contributed by atoms with Crippen molar-refractivity contribution in [3.63, 3.8) is 0 Å². The van der Waals surface area contributed by atoms with Gasteiger partial charge >= 0.3 is 0 Å². The highest BCUT2D eigenvalue weighted by Crippen LogP contribution is 2.31. The van der Waals surface area contributed by atoms with Gasteiger partial charge in [0, 0.05) is 13.1 Å². The average molecular weight is 224 g/mol. The van der Waals surface area contributed by atoms with E-state index in [9.17, 15) is 0 Å². The van der Waals surface area contributed by atoms with E-state index in [1.807, 2.05) is 0 Å². The molecule has 0 bridgehead atoms. The van der Waals surface area contributed by atoms with E-state index in [-0.39, 0.29) is 6.00 Å². The van der Waals surface area contributed by atoms with E-state index in [2.05, 4.69) is 34.6 Å². The molecule has 0 fully saturated rings. The minimum atomic E-state index is -0.105. The summed E-state index contributed by atoms with van der Waals surface area (Å²) in [5, 5.41) is 0. The lowest BCUT2D eigenvalue weighted by atomic mass is 9.71. The number of hydrogen-bond donors (Lipinski definition) is 0. The van der Waals surface area contributed by atoms with E-state index in [1.165, 1.54) is 19.3 Å². The summed E-state index contributed by atoms with van der Waals surface area (Å²) in [4.78, 5) is 0. The predicted molar refractivity (Wildman–Crippen MR) is 72.7 cm³/mol. The van der Waals surface area contributed by atoms with Crippen molar-refractivity contribution in [2.75, 3.05) is 7.11 Å². The Morgan fingerprint density at radius 1 is 1.00 bits per heavy atom. The maximum absolute atomic E-state index is 6.10. The van der Waals surface area contributed by atoms with Gasteiger partial charge in [-0.2, -0.15) is 0 Å². The first-order chi connectivity index (χ1) is 7.42. The van der Waals surface area contributed by atoms with Gasteiger partial charge in [-0.25, -0.2) is 0 Å². The van der Waals surface area contributed by atoms with Crippen LogP contribution in [0.3, 0.4) is 0 Å².